The van der Waals surface area contributed by atoms with E-state index in [1.54, 1.807) is 0 Å². The number of methoxy groups -OCH3 is 1. The second-order valence-corrected chi connectivity index (χ2v) is 8.03. The van der Waals surface area contributed by atoms with Gasteiger partial charge < -0.3 is 9.15 Å². The van der Waals surface area contributed by atoms with Gasteiger partial charge in [0.2, 0.25) is 5.89 Å². The number of aryl methyl sites for hydroxylation is 3. The molecule has 0 bridgehead atoms. The van der Waals surface area contributed by atoms with Gasteiger partial charge in [0.15, 0.2) is 0 Å². The number of aromatic nitrogens is 3. The highest BCUT2D eigenvalue weighted by Crippen LogP contribution is 2.30. The lowest BCUT2D eigenvalue weighted by Crippen LogP contribution is -2.10. The Labute approximate surface area is 178 Å². The Bertz CT molecular complexity index is 1230. The van der Waals surface area contributed by atoms with Gasteiger partial charge in [0.25, 0.3) is 5.22 Å². The Morgan fingerprint density at radius 2 is 1.80 bits per heavy atom. The number of esters is 1. The van der Waals surface area contributed by atoms with Crippen LogP contribution in [0.4, 0.5) is 0 Å². The van der Waals surface area contributed by atoms with Crippen LogP contribution in [0.2, 0.25) is 0 Å². The molecule has 4 rings (SSSR count). The molecule has 2 aromatic carbocycles. The third kappa shape index (κ3) is 3.93. The van der Waals surface area contributed by atoms with E-state index in [0.29, 0.717) is 28.1 Å². The molecule has 0 spiro atoms. The van der Waals surface area contributed by atoms with E-state index < -0.39 is 5.97 Å². The number of rotatable bonds is 5. The van der Waals surface area contributed by atoms with Crippen molar-refractivity contribution in [2.24, 2.45) is 0 Å². The Balaban J connectivity index is 1.64. The third-order valence-corrected chi connectivity index (χ3v) is 5.65. The third-order valence-electron chi connectivity index (χ3n) is 4.82. The Kier molecular flexibility index (Phi) is 5.55. The minimum atomic E-state index is -0.400. The summed E-state index contributed by atoms with van der Waals surface area (Å²) in [5, 5.41) is 9.68. The summed E-state index contributed by atoms with van der Waals surface area (Å²) >= 11 is 1.35. The van der Waals surface area contributed by atoms with Gasteiger partial charge in [0.1, 0.15) is 0 Å². The number of benzene rings is 2. The van der Waals surface area contributed by atoms with Crippen molar-refractivity contribution in [3.8, 4) is 11.5 Å². The lowest BCUT2D eigenvalue weighted by molar-refractivity contribution is 0.0598. The van der Waals surface area contributed by atoms with Crippen molar-refractivity contribution in [3.63, 3.8) is 0 Å². The zero-order valence-corrected chi connectivity index (χ0v) is 18.0. The predicted molar refractivity (Wildman–Crippen MR) is 117 cm³/mol. The van der Waals surface area contributed by atoms with Gasteiger partial charge in [-0.1, -0.05) is 47.2 Å². The first-order valence-corrected chi connectivity index (χ1v) is 10.5. The van der Waals surface area contributed by atoms with Gasteiger partial charge in [-0.3, -0.25) is 4.98 Å². The van der Waals surface area contributed by atoms with Crippen molar-refractivity contribution < 1.29 is 13.9 Å². The fraction of sp³-hybridized carbons (Fsp3) is 0.217. The Morgan fingerprint density at radius 1 is 1.07 bits per heavy atom. The monoisotopic (exact) mass is 419 g/mol. The van der Waals surface area contributed by atoms with Gasteiger partial charge in [-0.25, -0.2) is 4.79 Å². The number of carbonyl (C=O) groups excluding carboxylic acids is 1. The van der Waals surface area contributed by atoms with E-state index in [0.717, 1.165) is 33.2 Å². The van der Waals surface area contributed by atoms with Crippen molar-refractivity contribution in [2.45, 2.75) is 31.7 Å². The van der Waals surface area contributed by atoms with Crippen molar-refractivity contribution in [3.05, 3.63) is 70.4 Å². The second-order valence-electron chi connectivity index (χ2n) is 7.11. The molecule has 4 aromatic rings. The predicted octanol–water partition coefficient (Wildman–Crippen LogP) is 5.29. The highest BCUT2D eigenvalue weighted by Gasteiger charge is 2.20. The summed E-state index contributed by atoms with van der Waals surface area (Å²) < 4.78 is 10.8. The quantitative estimate of drug-likeness (QED) is 0.321. The van der Waals surface area contributed by atoms with E-state index >= 15 is 0 Å². The van der Waals surface area contributed by atoms with Crippen LogP contribution in [0, 0.1) is 20.8 Å². The molecule has 0 unspecified atom stereocenters. The maximum absolute atomic E-state index is 12.4. The maximum atomic E-state index is 12.4. The number of ether oxygens (including phenoxy) is 1. The fourth-order valence-corrected chi connectivity index (χ4v) is 4.24. The molecule has 30 heavy (non-hydrogen) atoms. The molecule has 0 fully saturated rings. The van der Waals surface area contributed by atoms with Crippen LogP contribution in [0.15, 0.2) is 52.1 Å². The minimum absolute atomic E-state index is 0.400. The van der Waals surface area contributed by atoms with Crippen LogP contribution in [0.1, 0.15) is 32.7 Å². The number of hydrogen-bond donors (Lipinski definition) is 0. The first kappa shape index (κ1) is 20.1. The molecule has 0 saturated carbocycles. The molecule has 2 heterocycles. The standard InChI is InChI=1S/C23H21N3O3S/c1-13-9-14(2)11-16(10-13)21-25-26-23(29-21)30-12-19-20(22(27)28-4)15(3)17-7-5-6-8-18(17)24-19/h5-11H,12H2,1-4H3. The highest BCUT2D eigenvalue weighted by molar-refractivity contribution is 7.98. The lowest BCUT2D eigenvalue weighted by atomic mass is 10.0. The van der Waals surface area contributed by atoms with E-state index in [4.69, 9.17) is 14.1 Å². The van der Waals surface area contributed by atoms with Crippen LogP contribution in [-0.2, 0) is 10.5 Å². The van der Waals surface area contributed by atoms with Gasteiger partial charge in [0, 0.05) is 16.7 Å². The van der Waals surface area contributed by atoms with Crippen molar-refractivity contribution >= 4 is 28.6 Å². The zero-order valence-electron chi connectivity index (χ0n) is 17.2. The molecule has 152 valence electrons. The van der Waals surface area contributed by atoms with Crippen LogP contribution in [0.25, 0.3) is 22.4 Å². The first-order chi connectivity index (χ1) is 14.5. The molecule has 0 saturated heterocycles. The van der Waals surface area contributed by atoms with E-state index in [1.165, 1.54) is 18.9 Å². The second kappa shape index (κ2) is 8.28. The Morgan fingerprint density at radius 3 is 2.53 bits per heavy atom. The summed E-state index contributed by atoms with van der Waals surface area (Å²) in [6.07, 6.45) is 0. The van der Waals surface area contributed by atoms with Crippen LogP contribution in [0.5, 0.6) is 0 Å². The molecular formula is C23H21N3O3S. The summed E-state index contributed by atoms with van der Waals surface area (Å²) in [5.41, 5.74) is 5.96. The zero-order chi connectivity index (χ0) is 21.3. The maximum Gasteiger partial charge on any atom is 0.340 e. The van der Waals surface area contributed by atoms with E-state index in [-0.39, 0.29) is 0 Å². The van der Waals surface area contributed by atoms with Gasteiger partial charge in [-0.05, 0) is 44.5 Å². The molecule has 0 atom stereocenters. The average molecular weight is 420 g/mol. The molecule has 7 heteroatoms. The van der Waals surface area contributed by atoms with Crippen LogP contribution < -0.4 is 0 Å². The summed E-state index contributed by atoms with van der Waals surface area (Å²) in [5.74, 6) is 0.480. The number of hydrogen-bond acceptors (Lipinski definition) is 7. The number of para-hydroxylation sites is 1. The smallest absolute Gasteiger partial charge is 0.340 e. The van der Waals surface area contributed by atoms with E-state index in [1.807, 2.05) is 57.2 Å². The van der Waals surface area contributed by atoms with Crippen LogP contribution in [0.3, 0.4) is 0 Å². The molecule has 0 radical (unpaired) electrons. The van der Waals surface area contributed by atoms with Gasteiger partial charge in [-0.15, -0.1) is 10.2 Å². The van der Waals surface area contributed by atoms with E-state index in [2.05, 4.69) is 16.3 Å². The summed E-state index contributed by atoms with van der Waals surface area (Å²) in [6.45, 7) is 5.98. The summed E-state index contributed by atoms with van der Waals surface area (Å²) in [4.78, 5) is 17.1. The molecular weight excluding hydrogens is 398 g/mol. The van der Waals surface area contributed by atoms with Crippen LogP contribution >= 0.6 is 11.8 Å². The number of fused-ring (bicyclic) bond motifs is 1. The van der Waals surface area contributed by atoms with Gasteiger partial charge in [0.05, 0.1) is 23.9 Å². The molecule has 0 aliphatic rings. The Hall–Kier alpha value is -3.19. The highest BCUT2D eigenvalue weighted by atomic mass is 32.2. The van der Waals surface area contributed by atoms with Gasteiger partial charge in [-0.2, -0.15) is 0 Å². The molecule has 6 nitrogen and oxygen atoms in total. The number of carbonyl (C=O) groups is 1. The topological polar surface area (TPSA) is 78.1 Å². The average Bonchev–Trinajstić information content (AvgIpc) is 3.20. The number of pyridine rings is 1. The normalized spacial score (nSPS) is 11.1. The number of thioether (sulfide) groups is 1. The minimum Gasteiger partial charge on any atom is -0.465 e. The van der Waals surface area contributed by atoms with Crippen molar-refractivity contribution in [1.82, 2.24) is 15.2 Å². The largest absolute Gasteiger partial charge is 0.465 e. The summed E-state index contributed by atoms with van der Waals surface area (Å²) in [6, 6.07) is 13.9. The number of nitrogens with zero attached hydrogens (tertiary/aromatic N) is 3. The first-order valence-electron chi connectivity index (χ1n) is 9.47. The molecule has 2 aromatic heterocycles. The lowest BCUT2D eigenvalue weighted by Gasteiger charge is -2.12. The molecule has 0 aliphatic carbocycles. The molecule has 0 N–H and O–H groups in total. The molecule has 0 amide bonds. The SMILES string of the molecule is COC(=O)c1c(CSc2nnc(-c3cc(C)cc(C)c3)o2)nc2ccccc2c1C. The molecule has 0 aliphatic heterocycles. The fourth-order valence-electron chi connectivity index (χ4n) is 3.53. The van der Waals surface area contributed by atoms with Crippen molar-refractivity contribution in [2.75, 3.05) is 7.11 Å². The van der Waals surface area contributed by atoms with Gasteiger partial charge >= 0.3 is 5.97 Å². The van der Waals surface area contributed by atoms with Crippen molar-refractivity contribution in [1.29, 1.82) is 0 Å². The van der Waals surface area contributed by atoms with Crippen LogP contribution in [-0.4, -0.2) is 28.3 Å². The summed E-state index contributed by atoms with van der Waals surface area (Å²) in [7, 11) is 1.38. The van der Waals surface area contributed by atoms with E-state index in [9.17, 15) is 4.79 Å².